The standard InChI is InChI=1S/C5H7NO3.Cs/c7-4-2-1-3-6(4)5(8)9;/h1-3H2,(H,8,9);/q;+1/p-1. The Morgan fingerprint density at radius 1 is 1.60 bits per heavy atom. The second-order valence-corrected chi connectivity index (χ2v) is 1.91. The summed E-state index contributed by atoms with van der Waals surface area (Å²) in [6, 6.07) is 0. The first-order chi connectivity index (χ1) is 4.22. The van der Waals surface area contributed by atoms with E-state index in [2.05, 4.69) is 0 Å². The van der Waals surface area contributed by atoms with Crippen LogP contribution < -0.4 is 74.0 Å². The average molecular weight is 261 g/mol. The van der Waals surface area contributed by atoms with Crippen molar-refractivity contribution in [3.63, 3.8) is 0 Å². The third-order valence-electron chi connectivity index (χ3n) is 1.29. The molecule has 0 atom stereocenters. The van der Waals surface area contributed by atoms with E-state index in [9.17, 15) is 14.7 Å². The van der Waals surface area contributed by atoms with Gasteiger partial charge in [0, 0.05) is 13.0 Å². The van der Waals surface area contributed by atoms with Crippen molar-refractivity contribution in [2.45, 2.75) is 12.8 Å². The maximum Gasteiger partial charge on any atom is 1.00 e. The topological polar surface area (TPSA) is 60.4 Å². The van der Waals surface area contributed by atoms with Gasteiger partial charge >= 0.3 is 68.9 Å². The molecule has 0 spiro atoms. The number of amides is 2. The van der Waals surface area contributed by atoms with E-state index in [0.29, 0.717) is 19.4 Å². The van der Waals surface area contributed by atoms with E-state index in [-0.39, 0.29) is 74.8 Å². The molecule has 1 aliphatic heterocycles. The van der Waals surface area contributed by atoms with Gasteiger partial charge in [0.2, 0.25) is 5.91 Å². The van der Waals surface area contributed by atoms with Crippen LogP contribution in [0.1, 0.15) is 12.8 Å². The molecule has 0 aliphatic carbocycles. The molecule has 0 bridgehead atoms. The van der Waals surface area contributed by atoms with Crippen LogP contribution in [-0.4, -0.2) is 23.4 Å². The van der Waals surface area contributed by atoms with E-state index in [0.717, 1.165) is 4.90 Å². The number of carbonyl (C=O) groups is 2. The Labute approximate surface area is 117 Å². The molecule has 1 saturated heterocycles. The van der Waals surface area contributed by atoms with E-state index < -0.39 is 6.09 Å². The fourth-order valence-electron chi connectivity index (χ4n) is 0.841. The Kier molecular flexibility index (Phi) is 5.26. The van der Waals surface area contributed by atoms with Crippen molar-refractivity contribution < 1.29 is 83.6 Å². The van der Waals surface area contributed by atoms with E-state index in [4.69, 9.17) is 0 Å². The third kappa shape index (κ3) is 2.56. The van der Waals surface area contributed by atoms with Crippen molar-refractivity contribution in [3.8, 4) is 0 Å². The van der Waals surface area contributed by atoms with Gasteiger partial charge in [0.15, 0.2) is 0 Å². The summed E-state index contributed by atoms with van der Waals surface area (Å²) in [4.78, 5) is 21.3. The van der Waals surface area contributed by atoms with Crippen LogP contribution in [0.15, 0.2) is 0 Å². The van der Waals surface area contributed by atoms with Crippen molar-refractivity contribution in [3.05, 3.63) is 0 Å². The van der Waals surface area contributed by atoms with Gasteiger partial charge in [0.25, 0.3) is 0 Å². The Balaban J connectivity index is 0.000000810. The van der Waals surface area contributed by atoms with Gasteiger partial charge in [-0.25, -0.2) is 0 Å². The van der Waals surface area contributed by atoms with E-state index in [1.165, 1.54) is 0 Å². The maximum absolute atomic E-state index is 10.5. The molecule has 5 heteroatoms. The summed E-state index contributed by atoms with van der Waals surface area (Å²) in [6.07, 6.45) is -0.404. The number of likely N-dealkylation sites (tertiary alicyclic amines) is 1. The van der Waals surface area contributed by atoms with Crippen LogP contribution in [0.25, 0.3) is 0 Å². The fourth-order valence-corrected chi connectivity index (χ4v) is 0.841. The molecule has 0 aromatic heterocycles. The first kappa shape index (κ1) is 11.0. The zero-order valence-electron chi connectivity index (χ0n) is 5.79. The molecule has 1 heterocycles. The number of nitrogens with zero attached hydrogens (tertiary/aromatic N) is 1. The number of hydrogen-bond donors (Lipinski definition) is 0. The first-order valence-electron chi connectivity index (χ1n) is 2.73. The quantitative estimate of drug-likeness (QED) is 0.446. The number of rotatable bonds is 0. The van der Waals surface area contributed by atoms with Crippen LogP contribution >= 0.6 is 0 Å². The summed E-state index contributed by atoms with van der Waals surface area (Å²) < 4.78 is 0. The fraction of sp³-hybridized carbons (Fsp3) is 0.600. The number of imide groups is 1. The normalized spacial score (nSPS) is 16.8. The van der Waals surface area contributed by atoms with Crippen LogP contribution in [0.5, 0.6) is 0 Å². The van der Waals surface area contributed by atoms with Crippen LogP contribution in [0.3, 0.4) is 0 Å². The Bertz CT molecular complexity index is 159. The second kappa shape index (κ2) is 4.79. The summed E-state index contributed by atoms with van der Waals surface area (Å²) in [7, 11) is 0. The van der Waals surface area contributed by atoms with Gasteiger partial charge in [0.05, 0.1) is 0 Å². The molecule has 50 valence electrons. The van der Waals surface area contributed by atoms with Gasteiger partial charge in [-0.05, 0) is 6.42 Å². The maximum atomic E-state index is 10.5. The van der Waals surface area contributed by atoms with Crippen LogP contribution in [-0.2, 0) is 4.79 Å². The summed E-state index contributed by atoms with van der Waals surface area (Å²) in [5, 5.41) is 10.0. The van der Waals surface area contributed by atoms with E-state index in [1.807, 2.05) is 0 Å². The molecule has 0 radical (unpaired) electrons. The molecule has 4 nitrogen and oxygen atoms in total. The zero-order valence-corrected chi connectivity index (χ0v) is 12.1. The van der Waals surface area contributed by atoms with Crippen molar-refractivity contribution in [2.24, 2.45) is 0 Å². The first-order valence-corrected chi connectivity index (χ1v) is 2.73. The predicted octanol–water partition coefficient (Wildman–Crippen LogP) is -4.04. The van der Waals surface area contributed by atoms with Crippen molar-refractivity contribution in [1.82, 2.24) is 4.90 Å². The Hall–Kier alpha value is 0.992. The monoisotopic (exact) mass is 261 g/mol. The van der Waals surface area contributed by atoms with Gasteiger partial charge in [-0.15, -0.1) is 0 Å². The predicted molar refractivity (Wildman–Crippen MR) is 26.3 cm³/mol. The van der Waals surface area contributed by atoms with Gasteiger partial charge < -0.3 is 9.90 Å². The van der Waals surface area contributed by atoms with Gasteiger partial charge in [-0.2, -0.15) is 0 Å². The van der Waals surface area contributed by atoms with Crippen LogP contribution in [0.2, 0.25) is 0 Å². The second-order valence-electron chi connectivity index (χ2n) is 1.91. The Morgan fingerprint density at radius 3 is 2.40 bits per heavy atom. The minimum atomic E-state index is -1.38. The SMILES string of the molecule is O=C([O-])N1CCCC1=O.[Cs+]. The van der Waals surface area contributed by atoms with E-state index in [1.54, 1.807) is 0 Å². The summed E-state index contributed by atoms with van der Waals surface area (Å²) in [6.45, 7) is 0.307. The van der Waals surface area contributed by atoms with Crippen LogP contribution in [0, 0.1) is 0 Å². The third-order valence-corrected chi connectivity index (χ3v) is 1.29. The minimum absolute atomic E-state index is 0. The number of carboxylic acid groups (broad SMARTS) is 1. The van der Waals surface area contributed by atoms with Crippen molar-refractivity contribution >= 4 is 12.0 Å². The van der Waals surface area contributed by atoms with Gasteiger partial charge in [0.1, 0.15) is 6.09 Å². The molecule has 2 amide bonds. The molecule has 1 aliphatic rings. The summed E-state index contributed by atoms with van der Waals surface area (Å²) >= 11 is 0. The zero-order chi connectivity index (χ0) is 6.85. The number of hydrogen-bond acceptors (Lipinski definition) is 3. The smallest absolute Gasteiger partial charge is 0.530 e. The molecule has 1 fully saturated rings. The molecule has 0 saturated carbocycles. The minimum Gasteiger partial charge on any atom is -0.530 e. The molecule has 1 rings (SSSR count). The summed E-state index contributed by atoms with van der Waals surface area (Å²) in [5.41, 5.74) is 0. The average Bonchev–Trinajstić information content (AvgIpc) is 2.13. The molecular formula is C5H6CsNO3. The van der Waals surface area contributed by atoms with Gasteiger partial charge in [-0.3, -0.25) is 9.69 Å². The van der Waals surface area contributed by atoms with Gasteiger partial charge in [-0.1, -0.05) is 0 Å². The summed E-state index contributed by atoms with van der Waals surface area (Å²) in [5.74, 6) is -0.338. The molecule has 10 heavy (non-hydrogen) atoms. The molecule has 0 aromatic carbocycles. The van der Waals surface area contributed by atoms with Crippen LogP contribution in [0.4, 0.5) is 4.79 Å². The largest absolute Gasteiger partial charge is 1.00 e. The molecule has 0 aromatic rings. The molecule has 0 unspecified atom stereocenters. The molecule has 0 N–H and O–H groups in total. The Morgan fingerprint density at radius 2 is 2.20 bits per heavy atom. The van der Waals surface area contributed by atoms with Crippen molar-refractivity contribution in [1.29, 1.82) is 0 Å². The van der Waals surface area contributed by atoms with Crippen molar-refractivity contribution in [2.75, 3.05) is 6.54 Å². The molecular weight excluding hydrogens is 255 g/mol. The number of carbonyl (C=O) groups excluding carboxylic acids is 2. The van der Waals surface area contributed by atoms with E-state index >= 15 is 0 Å².